The van der Waals surface area contributed by atoms with Crippen LogP contribution in [0.25, 0.3) is 45.5 Å². The number of rotatable bonds is 27. The average molecular weight is 1220 g/mol. The van der Waals surface area contributed by atoms with E-state index in [1.165, 1.54) is 55.6 Å². The summed E-state index contributed by atoms with van der Waals surface area (Å²) >= 11 is 0. The van der Waals surface area contributed by atoms with Crippen LogP contribution in [0.2, 0.25) is 0 Å². The number of benzene rings is 12. The Labute approximate surface area is 556 Å². The molecular formula is C90H80N2O2. The van der Waals surface area contributed by atoms with Gasteiger partial charge in [-0.2, -0.15) is 0 Å². The molecule has 0 N–H and O–H groups in total. The molecule has 0 aliphatic heterocycles. The summed E-state index contributed by atoms with van der Waals surface area (Å²) in [6.45, 7) is 9.20. The van der Waals surface area contributed by atoms with E-state index in [4.69, 9.17) is 9.47 Å². The van der Waals surface area contributed by atoms with Crippen LogP contribution in [0.5, 0.6) is 11.5 Å². The minimum absolute atomic E-state index is 0.322. The Bertz CT molecular complexity index is 4220. The van der Waals surface area contributed by atoms with E-state index in [2.05, 4.69) is 302 Å². The largest absolute Gasteiger partial charge is 0.494 e. The molecule has 2 aliphatic carbocycles. The number of unbranched alkanes of at least 4 members (excludes halogenated alkanes) is 6. The van der Waals surface area contributed by atoms with Gasteiger partial charge in [-0.1, -0.05) is 270 Å². The molecule has 2 aliphatic rings. The van der Waals surface area contributed by atoms with Gasteiger partial charge in [0.25, 0.3) is 0 Å². The molecule has 0 heterocycles. The van der Waals surface area contributed by atoms with Crippen LogP contribution in [0.1, 0.15) is 109 Å². The molecule has 94 heavy (non-hydrogen) atoms. The van der Waals surface area contributed by atoms with Gasteiger partial charge in [-0.05, 0) is 201 Å². The highest BCUT2D eigenvalue weighted by Crippen LogP contribution is 2.58. The molecule has 12 aromatic rings. The van der Waals surface area contributed by atoms with Crippen LogP contribution in [-0.2, 0) is 10.8 Å². The molecule has 0 fully saturated rings. The Morgan fingerprint density at radius 2 is 0.596 bits per heavy atom. The lowest BCUT2D eigenvalue weighted by molar-refractivity contribution is 0.303. The van der Waals surface area contributed by atoms with Gasteiger partial charge in [-0.3, -0.25) is 0 Å². The predicted molar refractivity (Wildman–Crippen MR) is 395 cm³/mol. The van der Waals surface area contributed by atoms with Gasteiger partial charge in [0.2, 0.25) is 0 Å². The molecule has 12 aromatic carbocycles. The second kappa shape index (κ2) is 28.0. The topological polar surface area (TPSA) is 24.9 Å². The fourth-order valence-electron chi connectivity index (χ4n) is 15.0. The third-order valence-corrected chi connectivity index (χ3v) is 19.6. The fraction of sp³-hybridized carbons (Fsp3) is 0.156. The molecule has 0 saturated heterocycles. The Morgan fingerprint density at radius 3 is 0.979 bits per heavy atom. The molecule has 2 atom stereocenters. The molecule has 4 nitrogen and oxygen atoms in total. The van der Waals surface area contributed by atoms with Crippen LogP contribution in [0.3, 0.4) is 0 Å². The fourth-order valence-corrected chi connectivity index (χ4v) is 15.0. The smallest absolute Gasteiger partial charge is 0.119 e. The third kappa shape index (κ3) is 12.2. The SMILES string of the molecule is C=Cc1ccc(OCCCCCCC2(c3ccccc3)c3ccccc3-c3ccc(N(c4ccccc4)c4ccc(-c5ccc(N(c6ccccc6)c6ccc7c(c6)C(CCCCCCOc6ccc(C=C)cc6)(c6ccccc6)c6ccccc6-7)cc5)cc4)cc32)cc1. The van der Waals surface area contributed by atoms with E-state index in [0.717, 1.165) is 132 Å². The molecule has 0 amide bonds. The highest BCUT2D eigenvalue weighted by molar-refractivity contribution is 5.90. The molecule has 0 spiro atoms. The van der Waals surface area contributed by atoms with Crippen molar-refractivity contribution in [3.63, 3.8) is 0 Å². The Morgan fingerprint density at radius 1 is 0.277 bits per heavy atom. The van der Waals surface area contributed by atoms with Crippen LogP contribution < -0.4 is 19.3 Å². The van der Waals surface area contributed by atoms with E-state index in [1.54, 1.807) is 0 Å². The second-order valence-corrected chi connectivity index (χ2v) is 25.1. The number of fused-ring (bicyclic) bond motifs is 6. The monoisotopic (exact) mass is 1220 g/mol. The van der Waals surface area contributed by atoms with E-state index in [9.17, 15) is 0 Å². The highest BCUT2D eigenvalue weighted by Gasteiger charge is 2.46. The Balaban J connectivity index is 0.739. The maximum Gasteiger partial charge on any atom is 0.119 e. The zero-order chi connectivity index (χ0) is 63.5. The normalized spacial score (nSPS) is 14.9. The predicted octanol–water partition coefficient (Wildman–Crippen LogP) is 24.3. The van der Waals surface area contributed by atoms with Gasteiger partial charge in [-0.15, -0.1) is 0 Å². The van der Waals surface area contributed by atoms with Crippen molar-refractivity contribution in [2.24, 2.45) is 0 Å². The molecular weight excluding hydrogens is 1140 g/mol. The number of para-hydroxylation sites is 2. The molecule has 0 saturated carbocycles. The first kappa shape index (κ1) is 60.9. The van der Waals surface area contributed by atoms with Crippen LogP contribution in [0, 0.1) is 0 Å². The van der Waals surface area contributed by atoms with Gasteiger partial charge in [0.05, 0.1) is 13.2 Å². The van der Waals surface area contributed by atoms with E-state index in [-0.39, 0.29) is 10.8 Å². The number of ether oxygens (including phenoxy) is 2. The summed E-state index contributed by atoms with van der Waals surface area (Å²) in [4.78, 5) is 4.86. The van der Waals surface area contributed by atoms with Crippen LogP contribution >= 0.6 is 0 Å². The van der Waals surface area contributed by atoms with Crippen molar-refractivity contribution in [1.82, 2.24) is 0 Å². The number of hydrogen-bond acceptors (Lipinski definition) is 4. The Hall–Kier alpha value is -10.7. The van der Waals surface area contributed by atoms with Crippen molar-refractivity contribution in [1.29, 1.82) is 0 Å². The lowest BCUT2D eigenvalue weighted by Crippen LogP contribution is -2.27. The lowest BCUT2D eigenvalue weighted by Gasteiger charge is -2.34. The van der Waals surface area contributed by atoms with Gasteiger partial charge in [-0.25, -0.2) is 0 Å². The van der Waals surface area contributed by atoms with E-state index >= 15 is 0 Å². The molecule has 0 radical (unpaired) electrons. The van der Waals surface area contributed by atoms with Gasteiger partial charge < -0.3 is 19.3 Å². The molecule has 4 heteroatoms. The summed E-state index contributed by atoms with van der Waals surface area (Å²) in [5.41, 5.74) is 24.0. The number of hydrogen-bond donors (Lipinski definition) is 0. The van der Waals surface area contributed by atoms with Crippen molar-refractivity contribution in [3.8, 4) is 44.9 Å². The van der Waals surface area contributed by atoms with Crippen molar-refractivity contribution in [3.05, 3.63) is 361 Å². The van der Waals surface area contributed by atoms with Gasteiger partial charge in [0.15, 0.2) is 0 Å². The van der Waals surface area contributed by atoms with Gasteiger partial charge in [0.1, 0.15) is 11.5 Å². The maximum absolute atomic E-state index is 6.16. The lowest BCUT2D eigenvalue weighted by atomic mass is 9.69. The molecule has 2 unspecified atom stereocenters. The first-order valence-corrected chi connectivity index (χ1v) is 33.7. The molecule has 0 aromatic heterocycles. The minimum atomic E-state index is -0.322. The van der Waals surface area contributed by atoms with Gasteiger partial charge >= 0.3 is 0 Å². The van der Waals surface area contributed by atoms with Crippen LogP contribution in [0.15, 0.2) is 316 Å². The Kier molecular flexibility index (Phi) is 18.2. The summed E-state index contributed by atoms with van der Waals surface area (Å²) in [6, 6.07) is 112. The third-order valence-electron chi connectivity index (χ3n) is 19.6. The summed E-state index contributed by atoms with van der Waals surface area (Å²) in [5, 5.41) is 0. The summed E-state index contributed by atoms with van der Waals surface area (Å²) in [6.07, 6.45) is 14.4. The van der Waals surface area contributed by atoms with Gasteiger partial charge in [0, 0.05) is 45.0 Å². The first-order valence-electron chi connectivity index (χ1n) is 33.7. The van der Waals surface area contributed by atoms with Crippen LogP contribution in [-0.4, -0.2) is 13.2 Å². The molecule has 14 rings (SSSR count). The number of anilines is 6. The van der Waals surface area contributed by atoms with Crippen molar-refractivity contribution in [2.75, 3.05) is 23.0 Å². The van der Waals surface area contributed by atoms with E-state index in [1.807, 2.05) is 36.4 Å². The zero-order valence-corrected chi connectivity index (χ0v) is 53.6. The van der Waals surface area contributed by atoms with E-state index in [0.29, 0.717) is 13.2 Å². The summed E-state index contributed by atoms with van der Waals surface area (Å²) in [7, 11) is 0. The summed E-state index contributed by atoms with van der Waals surface area (Å²) < 4.78 is 12.3. The highest BCUT2D eigenvalue weighted by atomic mass is 16.5. The maximum atomic E-state index is 6.16. The first-order chi connectivity index (χ1) is 46.5. The number of nitrogens with zero attached hydrogens (tertiary/aromatic N) is 2. The second-order valence-electron chi connectivity index (χ2n) is 25.1. The van der Waals surface area contributed by atoms with Crippen LogP contribution in [0.4, 0.5) is 34.1 Å². The van der Waals surface area contributed by atoms with E-state index < -0.39 is 0 Å². The summed E-state index contributed by atoms with van der Waals surface area (Å²) in [5.74, 6) is 1.82. The standard InChI is InChI=1S/C90H80N2O2/c1-3-67-41-55-79(56-42-67)93-63-27-7-5-25-61-89(71-29-13-9-14-30-71)85-39-23-21-37-81(85)83-59-53-77(65-87(83)89)91(73-33-17-11-18-34-73)75-49-45-69(46-50-75)70-47-51-76(52-48-70)92(74-35-19-12-20-36-74)78-54-60-84-82-38-22-24-40-86(82)90(88(84)66-78,72-31-15-10-16-32-72)62-26-6-8-28-64-94-80-57-43-68(4-2)44-58-80/h3-4,9-24,29-60,65-66H,1-2,5-8,25-28,61-64H2. The molecule has 462 valence electrons. The van der Waals surface area contributed by atoms with Crippen molar-refractivity contribution < 1.29 is 9.47 Å². The average Bonchev–Trinajstić information content (AvgIpc) is 1.56. The quantitative estimate of drug-likeness (QED) is 0.0479. The zero-order valence-electron chi connectivity index (χ0n) is 53.6. The molecule has 0 bridgehead atoms. The van der Waals surface area contributed by atoms with Crippen molar-refractivity contribution >= 4 is 46.3 Å². The minimum Gasteiger partial charge on any atom is -0.494 e. The van der Waals surface area contributed by atoms with Crippen molar-refractivity contribution in [2.45, 2.75) is 75.0 Å².